The van der Waals surface area contributed by atoms with E-state index in [1.807, 2.05) is 12.4 Å². The predicted molar refractivity (Wildman–Crippen MR) is 187 cm³/mol. The van der Waals surface area contributed by atoms with Crippen LogP contribution in [-0.2, 0) is 0 Å². The van der Waals surface area contributed by atoms with Gasteiger partial charge in [0.25, 0.3) is 0 Å². The van der Waals surface area contributed by atoms with E-state index in [9.17, 15) is 0 Å². The van der Waals surface area contributed by atoms with Gasteiger partial charge in [0.15, 0.2) is 0 Å². The van der Waals surface area contributed by atoms with Crippen LogP contribution in [-0.4, -0.2) is 18.7 Å². The SMILES string of the molecule is c1ccc(-n2c3ccncc3c3c(-n4c5ccccc5c5ccc6c7ccccc7n(-c7ccccc7)c6c54)cccc32)cc1. The first-order valence-corrected chi connectivity index (χ1v) is 15.3. The number of hydrogen-bond acceptors (Lipinski definition) is 1. The summed E-state index contributed by atoms with van der Waals surface area (Å²) >= 11 is 0. The van der Waals surface area contributed by atoms with Gasteiger partial charge >= 0.3 is 0 Å². The van der Waals surface area contributed by atoms with Crippen molar-refractivity contribution in [1.82, 2.24) is 18.7 Å². The topological polar surface area (TPSA) is 27.7 Å². The summed E-state index contributed by atoms with van der Waals surface area (Å²) in [5, 5.41) is 7.28. The lowest BCUT2D eigenvalue weighted by Crippen LogP contribution is -1.99. The molecule has 4 aromatic heterocycles. The average molecular weight is 575 g/mol. The lowest BCUT2D eigenvalue weighted by Gasteiger charge is -2.14. The van der Waals surface area contributed by atoms with E-state index < -0.39 is 0 Å². The third-order valence-corrected chi connectivity index (χ3v) is 9.31. The minimum atomic E-state index is 1.13. The van der Waals surface area contributed by atoms with E-state index in [1.54, 1.807) is 0 Å². The van der Waals surface area contributed by atoms with Gasteiger partial charge in [0.2, 0.25) is 0 Å². The zero-order valence-electron chi connectivity index (χ0n) is 24.3. The van der Waals surface area contributed by atoms with Gasteiger partial charge in [-0.2, -0.15) is 0 Å². The number of benzene rings is 6. The van der Waals surface area contributed by atoms with Crippen LogP contribution < -0.4 is 0 Å². The van der Waals surface area contributed by atoms with Crippen molar-refractivity contribution >= 4 is 65.4 Å². The van der Waals surface area contributed by atoms with E-state index in [0.717, 1.165) is 33.5 Å². The Morgan fingerprint density at radius 2 is 0.889 bits per heavy atom. The molecule has 10 aromatic rings. The molecule has 0 aliphatic heterocycles. The third kappa shape index (κ3) is 3.28. The summed E-state index contributed by atoms with van der Waals surface area (Å²) in [5.41, 5.74) is 10.5. The monoisotopic (exact) mass is 574 g/mol. The minimum Gasteiger partial charge on any atom is -0.309 e. The lowest BCUT2D eigenvalue weighted by molar-refractivity contribution is 1.15. The van der Waals surface area contributed by atoms with E-state index in [2.05, 4.69) is 164 Å². The molecule has 6 aromatic carbocycles. The minimum absolute atomic E-state index is 1.13. The normalized spacial score (nSPS) is 12.0. The number of fused-ring (bicyclic) bond motifs is 10. The molecule has 0 aliphatic carbocycles. The average Bonchev–Trinajstić information content (AvgIpc) is 3.75. The molecule has 0 spiro atoms. The van der Waals surface area contributed by atoms with Gasteiger partial charge in [-0.05, 0) is 54.6 Å². The molecule has 0 amide bonds. The Kier molecular flexibility index (Phi) is 4.96. The number of pyridine rings is 1. The highest BCUT2D eigenvalue weighted by Crippen LogP contribution is 2.44. The van der Waals surface area contributed by atoms with Gasteiger partial charge in [0, 0.05) is 56.1 Å². The second kappa shape index (κ2) is 9.18. The fourth-order valence-electron chi connectivity index (χ4n) is 7.53. The Bertz CT molecular complexity index is 2750. The van der Waals surface area contributed by atoms with E-state index in [0.29, 0.717) is 0 Å². The molecular weight excluding hydrogens is 548 g/mol. The predicted octanol–water partition coefficient (Wildman–Crippen LogP) is 10.4. The van der Waals surface area contributed by atoms with Crippen molar-refractivity contribution in [2.75, 3.05) is 0 Å². The van der Waals surface area contributed by atoms with Crippen molar-refractivity contribution < 1.29 is 0 Å². The summed E-state index contributed by atoms with van der Waals surface area (Å²) in [6.45, 7) is 0. The molecule has 10 rings (SSSR count). The molecule has 0 saturated heterocycles. The van der Waals surface area contributed by atoms with Crippen LogP contribution in [0.3, 0.4) is 0 Å². The number of rotatable bonds is 3. The quantitative estimate of drug-likeness (QED) is 0.206. The van der Waals surface area contributed by atoms with Crippen LogP contribution in [0.4, 0.5) is 0 Å². The van der Waals surface area contributed by atoms with E-state index >= 15 is 0 Å². The zero-order chi connectivity index (χ0) is 29.5. The van der Waals surface area contributed by atoms with Crippen molar-refractivity contribution in [1.29, 1.82) is 0 Å². The van der Waals surface area contributed by atoms with E-state index in [4.69, 9.17) is 0 Å². The van der Waals surface area contributed by atoms with Crippen molar-refractivity contribution in [3.05, 3.63) is 158 Å². The van der Waals surface area contributed by atoms with Crippen LogP contribution >= 0.6 is 0 Å². The first-order valence-electron chi connectivity index (χ1n) is 15.3. The summed E-state index contributed by atoms with van der Waals surface area (Å²) in [6, 6.07) is 52.4. The van der Waals surface area contributed by atoms with Crippen molar-refractivity contribution in [2.24, 2.45) is 0 Å². The number of nitrogens with zero attached hydrogens (tertiary/aromatic N) is 4. The first-order chi connectivity index (χ1) is 22.4. The van der Waals surface area contributed by atoms with Gasteiger partial charge in [0.05, 0.1) is 38.8 Å². The third-order valence-electron chi connectivity index (χ3n) is 9.31. The summed E-state index contributed by atoms with van der Waals surface area (Å²) in [6.07, 6.45) is 3.91. The van der Waals surface area contributed by atoms with Gasteiger partial charge in [-0.15, -0.1) is 0 Å². The standard InChI is InChI=1S/C41H26N4/c1-3-12-27(13-4-1)43-36-24-25-42-26-33(36)39-37(43)20-11-21-38(39)45-35-19-10-8-17-30(35)32-23-22-31-29-16-7-9-18-34(29)44(40(31)41(32)45)28-14-5-2-6-15-28/h1-26H. The Balaban J connectivity index is 1.45. The lowest BCUT2D eigenvalue weighted by atomic mass is 10.1. The Morgan fingerprint density at radius 1 is 0.356 bits per heavy atom. The molecule has 4 heterocycles. The maximum Gasteiger partial charge on any atom is 0.0789 e. The van der Waals surface area contributed by atoms with Crippen molar-refractivity contribution in [3.63, 3.8) is 0 Å². The van der Waals surface area contributed by atoms with Gasteiger partial charge < -0.3 is 13.7 Å². The Hall–Kier alpha value is -6.13. The number of hydrogen-bond donors (Lipinski definition) is 0. The second-order valence-corrected chi connectivity index (χ2v) is 11.6. The highest BCUT2D eigenvalue weighted by Gasteiger charge is 2.23. The summed E-state index contributed by atoms with van der Waals surface area (Å²) < 4.78 is 7.30. The fourth-order valence-corrected chi connectivity index (χ4v) is 7.53. The highest BCUT2D eigenvalue weighted by molar-refractivity contribution is 6.25. The van der Waals surface area contributed by atoms with Crippen molar-refractivity contribution in [2.45, 2.75) is 0 Å². The molecule has 210 valence electrons. The summed E-state index contributed by atoms with van der Waals surface area (Å²) in [7, 11) is 0. The highest BCUT2D eigenvalue weighted by atomic mass is 15.1. The van der Waals surface area contributed by atoms with Crippen LogP contribution in [0.25, 0.3) is 82.5 Å². The van der Waals surface area contributed by atoms with Crippen LogP contribution in [0.1, 0.15) is 0 Å². The molecule has 0 radical (unpaired) electrons. The number of para-hydroxylation sites is 4. The van der Waals surface area contributed by atoms with Gasteiger partial charge in [-0.25, -0.2) is 0 Å². The maximum absolute atomic E-state index is 4.62. The van der Waals surface area contributed by atoms with Crippen LogP contribution in [0.15, 0.2) is 158 Å². The molecular formula is C41H26N4. The van der Waals surface area contributed by atoms with Gasteiger partial charge in [0.1, 0.15) is 0 Å². The Labute approximate surface area is 258 Å². The molecule has 0 aliphatic rings. The maximum atomic E-state index is 4.62. The first kappa shape index (κ1) is 24.3. The zero-order valence-corrected chi connectivity index (χ0v) is 24.3. The molecule has 0 bridgehead atoms. The van der Waals surface area contributed by atoms with Crippen LogP contribution in [0, 0.1) is 0 Å². The van der Waals surface area contributed by atoms with Crippen LogP contribution in [0.2, 0.25) is 0 Å². The number of aromatic nitrogens is 4. The summed E-state index contributed by atoms with van der Waals surface area (Å²) in [4.78, 5) is 4.62. The molecule has 4 heteroatoms. The van der Waals surface area contributed by atoms with Gasteiger partial charge in [-0.1, -0.05) is 91.0 Å². The van der Waals surface area contributed by atoms with Gasteiger partial charge in [-0.3, -0.25) is 4.98 Å². The molecule has 0 N–H and O–H groups in total. The molecule has 0 atom stereocenters. The van der Waals surface area contributed by atoms with Crippen molar-refractivity contribution in [3.8, 4) is 17.1 Å². The molecule has 0 unspecified atom stereocenters. The van der Waals surface area contributed by atoms with Crippen LogP contribution in [0.5, 0.6) is 0 Å². The molecule has 4 nitrogen and oxygen atoms in total. The molecule has 45 heavy (non-hydrogen) atoms. The Morgan fingerprint density at radius 3 is 1.58 bits per heavy atom. The largest absolute Gasteiger partial charge is 0.309 e. The second-order valence-electron chi connectivity index (χ2n) is 11.6. The van der Waals surface area contributed by atoms with E-state index in [1.165, 1.54) is 49.0 Å². The summed E-state index contributed by atoms with van der Waals surface area (Å²) in [5.74, 6) is 0. The smallest absolute Gasteiger partial charge is 0.0789 e. The molecule has 0 saturated carbocycles. The fraction of sp³-hybridized carbons (Fsp3) is 0. The van der Waals surface area contributed by atoms with E-state index in [-0.39, 0.29) is 0 Å². The molecule has 0 fully saturated rings.